The van der Waals surface area contributed by atoms with E-state index in [2.05, 4.69) is 25.3 Å². The monoisotopic (exact) mass is 434 g/mol. The Bertz CT molecular complexity index is 1250. The van der Waals surface area contributed by atoms with Gasteiger partial charge in [0.05, 0.1) is 34.2 Å². The fourth-order valence-electron chi connectivity index (χ4n) is 3.05. The Labute approximate surface area is 171 Å². The van der Waals surface area contributed by atoms with Gasteiger partial charge >= 0.3 is 0 Å². The molecule has 0 amide bonds. The van der Waals surface area contributed by atoms with E-state index in [9.17, 15) is 12.8 Å². The molecule has 1 aliphatic heterocycles. The highest BCUT2D eigenvalue weighted by molar-refractivity contribution is 7.92. The number of nitrogens with zero attached hydrogens (tertiary/aromatic N) is 4. The zero-order valence-electron chi connectivity index (χ0n) is 15.2. The van der Waals surface area contributed by atoms with E-state index in [4.69, 9.17) is 17.3 Å². The van der Waals surface area contributed by atoms with E-state index in [0.717, 1.165) is 6.20 Å². The first-order valence-electron chi connectivity index (χ1n) is 8.62. The molecule has 0 aromatic carbocycles. The van der Waals surface area contributed by atoms with Crippen molar-refractivity contribution in [1.82, 2.24) is 15.0 Å². The highest BCUT2D eigenvalue weighted by Crippen LogP contribution is 2.30. The fraction of sp³-hybridized carbons (Fsp3) is 0.222. The standard InChI is InChI=1S/C18H16ClFN6O2S/c1-9-18(21)26-15(8-29(9,27)28)11-5-16(23-7-12(11)20)25-13-2-3-22-14-4-10(19)6-24-17(13)14/h2-7,9,15H,8H2,1H3,(H2,21,26)(H,22,23,25)/t9?,15-/m0/s1. The molecule has 29 heavy (non-hydrogen) atoms. The maximum absolute atomic E-state index is 14.4. The number of amidine groups is 1. The summed E-state index contributed by atoms with van der Waals surface area (Å²) in [5, 5.41) is 2.63. The van der Waals surface area contributed by atoms with Crippen LogP contribution in [0.4, 0.5) is 15.9 Å². The SMILES string of the molecule is CC1C(N)=N[C@H](c2cc(Nc3ccnc4cc(Cl)cnc34)ncc2F)CS1(=O)=O. The number of hydrogen-bond donors (Lipinski definition) is 2. The van der Waals surface area contributed by atoms with E-state index < -0.39 is 26.9 Å². The maximum Gasteiger partial charge on any atom is 0.162 e. The molecule has 1 unspecified atom stereocenters. The molecule has 3 N–H and O–H groups in total. The van der Waals surface area contributed by atoms with Gasteiger partial charge in [-0.2, -0.15) is 0 Å². The van der Waals surface area contributed by atoms with Crippen LogP contribution in [0.15, 0.2) is 41.8 Å². The summed E-state index contributed by atoms with van der Waals surface area (Å²) in [4.78, 5) is 16.7. The topological polar surface area (TPSA) is 123 Å². The molecular formula is C18H16ClFN6O2S. The summed E-state index contributed by atoms with van der Waals surface area (Å²) in [6.07, 6.45) is 4.08. The summed E-state index contributed by atoms with van der Waals surface area (Å²) in [6.45, 7) is 1.47. The molecule has 3 aromatic heterocycles. The normalized spacial score (nSPS) is 21.0. The lowest BCUT2D eigenvalue weighted by atomic mass is 10.1. The fourth-order valence-corrected chi connectivity index (χ4v) is 4.62. The number of hydrogen-bond acceptors (Lipinski definition) is 8. The number of pyridine rings is 3. The minimum Gasteiger partial charge on any atom is -0.386 e. The molecule has 0 saturated heterocycles. The lowest BCUT2D eigenvalue weighted by Crippen LogP contribution is -2.40. The van der Waals surface area contributed by atoms with Crippen LogP contribution in [0.2, 0.25) is 5.02 Å². The summed E-state index contributed by atoms with van der Waals surface area (Å²) in [5.74, 6) is -0.719. The first-order chi connectivity index (χ1) is 13.7. The van der Waals surface area contributed by atoms with Crippen molar-refractivity contribution in [1.29, 1.82) is 0 Å². The highest BCUT2D eigenvalue weighted by Gasteiger charge is 2.35. The van der Waals surface area contributed by atoms with E-state index in [-0.39, 0.29) is 17.2 Å². The average molecular weight is 435 g/mol. The summed E-state index contributed by atoms with van der Waals surface area (Å²) < 4.78 is 39.0. The zero-order chi connectivity index (χ0) is 20.8. The molecule has 0 spiro atoms. The van der Waals surface area contributed by atoms with Crippen LogP contribution in [-0.4, -0.2) is 40.2 Å². The van der Waals surface area contributed by atoms with Crippen LogP contribution in [0.25, 0.3) is 11.0 Å². The van der Waals surface area contributed by atoms with Gasteiger partial charge in [0.25, 0.3) is 0 Å². The van der Waals surface area contributed by atoms with Gasteiger partial charge in [-0.3, -0.25) is 15.0 Å². The molecule has 0 bridgehead atoms. The van der Waals surface area contributed by atoms with Crippen molar-refractivity contribution in [3.8, 4) is 0 Å². The first-order valence-corrected chi connectivity index (χ1v) is 10.7. The number of nitrogens with two attached hydrogens (primary N) is 1. The van der Waals surface area contributed by atoms with E-state index in [0.29, 0.717) is 27.6 Å². The van der Waals surface area contributed by atoms with Gasteiger partial charge in [-0.1, -0.05) is 11.6 Å². The van der Waals surface area contributed by atoms with Crippen LogP contribution < -0.4 is 11.1 Å². The molecule has 1 aliphatic rings. The minimum absolute atomic E-state index is 0.0341. The molecule has 3 aromatic rings. The highest BCUT2D eigenvalue weighted by atomic mass is 35.5. The van der Waals surface area contributed by atoms with Gasteiger partial charge in [-0.05, 0) is 25.1 Å². The van der Waals surface area contributed by atoms with Crippen LogP contribution in [0, 0.1) is 5.82 Å². The molecule has 0 saturated carbocycles. The molecule has 150 valence electrons. The summed E-state index contributed by atoms with van der Waals surface area (Å²) in [6, 6.07) is 3.84. The number of aliphatic imine (C=N–C) groups is 1. The third-order valence-corrected chi connectivity index (χ3v) is 7.01. The Morgan fingerprint density at radius 1 is 1.24 bits per heavy atom. The molecule has 0 radical (unpaired) electrons. The van der Waals surface area contributed by atoms with Crippen molar-refractivity contribution < 1.29 is 12.8 Å². The van der Waals surface area contributed by atoms with Crippen molar-refractivity contribution in [3.63, 3.8) is 0 Å². The number of aromatic nitrogens is 3. The average Bonchev–Trinajstić information content (AvgIpc) is 2.67. The molecular weight excluding hydrogens is 419 g/mol. The van der Waals surface area contributed by atoms with Crippen LogP contribution >= 0.6 is 11.6 Å². The predicted molar refractivity (Wildman–Crippen MR) is 110 cm³/mol. The number of nitrogens with one attached hydrogen (secondary N) is 1. The van der Waals surface area contributed by atoms with Gasteiger partial charge in [0.1, 0.15) is 28.2 Å². The predicted octanol–water partition coefficient (Wildman–Crippen LogP) is 2.78. The maximum atomic E-state index is 14.4. The van der Waals surface area contributed by atoms with Crippen molar-refractivity contribution in [2.75, 3.05) is 11.1 Å². The van der Waals surface area contributed by atoms with Crippen LogP contribution in [0.3, 0.4) is 0 Å². The van der Waals surface area contributed by atoms with Crippen molar-refractivity contribution in [2.24, 2.45) is 10.7 Å². The minimum atomic E-state index is -3.52. The van der Waals surface area contributed by atoms with Crippen LogP contribution in [0.1, 0.15) is 18.5 Å². The number of halogens is 2. The van der Waals surface area contributed by atoms with E-state index >= 15 is 0 Å². The number of fused-ring (bicyclic) bond motifs is 1. The third kappa shape index (κ3) is 3.73. The third-order valence-electron chi connectivity index (χ3n) is 4.70. The smallest absolute Gasteiger partial charge is 0.162 e. The van der Waals surface area contributed by atoms with Crippen molar-refractivity contribution in [2.45, 2.75) is 18.2 Å². The summed E-state index contributed by atoms with van der Waals surface area (Å²) in [5.41, 5.74) is 7.57. The Hall–Kier alpha value is -2.85. The molecule has 4 heterocycles. The van der Waals surface area contributed by atoms with Gasteiger partial charge in [-0.25, -0.2) is 17.8 Å². The van der Waals surface area contributed by atoms with Gasteiger partial charge in [0.15, 0.2) is 9.84 Å². The number of rotatable bonds is 3. The second kappa shape index (κ2) is 7.20. The van der Waals surface area contributed by atoms with Gasteiger partial charge in [0.2, 0.25) is 0 Å². The molecule has 4 rings (SSSR count). The van der Waals surface area contributed by atoms with Crippen LogP contribution in [-0.2, 0) is 9.84 Å². The van der Waals surface area contributed by atoms with Gasteiger partial charge in [0, 0.05) is 18.0 Å². The van der Waals surface area contributed by atoms with Crippen molar-refractivity contribution in [3.05, 3.63) is 53.2 Å². The lowest BCUT2D eigenvalue weighted by Gasteiger charge is -2.24. The summed E-state index contributed by atoms with van der Waals surface area (Å²) >= 11 is 5.95. The van der Waals surface area contributed by atoms with Crippen LogP contribution in [0.5, 0.6) is 0 Å². The Morgan fingerprint density at radius 3 is 2.79 bits per heavy atom. The second-order valence-corrected chi connectivity index (χ2v) is 9.44. The molecule has 2 atom stereocenters. The quantitative estimate of drug-likeness (QED) is 0.649. The van der Waals surface area contributed by atoms with Crippen molar-refractivity contribution >= 4 is 49.8 Å². The number of sulfone groups is 1. The first kappa shape index (κ1) is 19.5. The van der Waals surface area contributed by atoms with Gasteiger partial charge < -0.3 is 11.1 Å². The van der Waals surface area contributed by atoms with E-state index in [1.54, 1.807) is 18.3 Å². The lowest BCUT2D eigenvalue weighted by molar-refractivity contribution is 0.565. The number of anilines is 2. The Kier molecular flexibility index (Phi) is 4.83. The van der Waals surface area contributed by atoms with E-state index in [1.165, 1.54) is 19.2 Å². The Balaban J connectivity index is 1.72. The molecule has 0 aliphatic carbocycles. The van der Waals surface area contributed by atoms with Gasteiger partial charge in [-0.15, -0.1) is 0 Å². The summed E-state index contributed by atoms with van der Waals surface area (Å²) in [7, 11) is -3.52. The molecule has 0 fully saturated rings. The Morgan fingerprint density at radius 2 is 2.03 bits per heavy atom. The second-order valence-electron chi connectivity index (χ2n) is 6.64. The van der Waals surface area contributed by atoms with E-state index in [1.807, 2.05) is 0 Å². The largest absolute Gasteiger partial charge is 0.386 e. The molecule has 8 nitrogen and oxygen atoms in total. The zero-order valence-corrected chi connectivity index (χ0v) is 16.7. The molecule has 11 heteroatoms.